The van der Waals surface area contributed by atoms with Gasteiger partial charge in [0.2, 0.25) is 0 Å². The van der Waals surface area contributed by atoms with Crippen LogP contribution in [0.4, 0.5) is 5.82 Å². The fraction of sp³-hybridized carbons (Fsp3) is 0.636. The molecule has 2 rings (SSSR count). The maximum atomic E-state index is 8.89. The van der Waals surface area contributed by atoms with Gasteiger partial charge in [-0.15, -0.1) is 0 Å². The van der Waals surface area contributed by atoms with E-state index in [1.807, 2.05) is 18.5 Å². The van der Waals surface area contributed by atoms with Gasteiger partial charge in [-0.25, -0.2) is 9.97 Å². The minimum absolute atomic E-state index is 0.240. The first kappa shape index (κ1) is 12.6. The van der Waals surface area contributed by atoms with Crippen molar-refractivity contribution >= 4 is 17.6 Å². The molecule has 0 atom stereocenters. The first-order chi connectivity index (χ1) is 8.33. The number of hydrogen-bond acceptors (Lipinski definition) is 6. The molecule has 1 fully saturated rings. The van der Waals surface area contributed by atoms with Crippen molar-refractivity contribution in [2.24, 2.45) is 0 Å². The van der Waals surface area contributed by atoms with Gasteiger partial charge in [-0.1, -0.05) is 11.8 Å². The van der Waals surface area contributed by atoms with Crippen molar-refractivity contribution in [2.75, 3.05) is 50.5 Å². The van der Waals surface area contributed by atoms with Gasteiger partial charge in [0.05, 0.1) is 6.61 Å². The van der Waals surface area contributed by atoms with Crippen LogP contribution in [-0.2, 0) is 0 Å². The molecule has 1 N–H and O–H groups in total. The zero-order valence-electron chi connectivity index (χ0n) is 10.0. The molecular weight excluding hydrogens is 236 g/mol. The molecule has 0 spiro atoms. The summed E-state index contributed by atoms with van der Waals surface area (Å²) in [7, 11) is 0. The van der Waals surface area contributed by atoms with Crippen LogP contribution in [0.5, 0.6) is 0 Å². The minimum atomic E-state index is 0.240. The highest BCUT2D eigenvalue weighted by atomic mass is 32.2. The van der Waals surface area contributed by atoms with Crippen molar-refractivity contribution in [3.05, 3.63) is 12.3 Å². The van der Waals surface area contributed by atoms with Crippen LogP contribution in [0.25, 0.3) is 0 Å². The topological polar surface area (TPSA) is 52.5 Å². The van der Waals surface area contributed by atoms with E-state index in [1.165, 1.54) is 0 Å². The highest BCUT2D eigenvalue weighted by molar-refractivity contribution is 7.98. The summed E-state index contributed by atoms with van der Waals surface area (Å²) in [4.78, 5) is 13.2. The summed E-state index contributed by atoms with van der Waals surface area (Å²) in [6.07, 6.45) is 3.80. The quantitative estimate of drug-likeness (QED) is 0.616. The summed E-state index contributed by atoms with van der Waals surface area (Å²) < 4.78 is 0. The van der Waals surface area contributed by atoms with Gasteiger partial charge in [0, 0.05) is 38.9 Å². The standard InChI is InChI=1S/C11H18N4OS/c1-17-11-12-3-2-10(13-11)15-6-4-14(5-7-15)8-9-16/h2-3,16H,4-9H2,1H3. The van der Waals surface area contributed by atoms with Gasteiger partial charge in [0.1, 0.15) is 5.82 Å². The second-order valence-electron chi connectivity index (χ2n) is 3.95. The van der Waals surface area contributed by atoms with Gasteiger partial charge < -0.3 is 10.0 Å². The van der Waals surface area contributed by atoms with Crippen LogP contribution in [0.1, 0.15) is 0 Å². The molecule has 17 heavy (non-hydrogen) atoms. The number of anilines is 1. The summed E-state index contributed by atoms with van der Waals surface area (Å²) in [6.45, 7) is 4.91. The number of aliphatic hydroxyl groups is 1. The van der Waals surface area contributed by atoms with Gasteiger partial charge >= 0.3 is 0 Å². The maximum Gasteiger partial charge on any atom is 0.189 e. The van der Waals surface area contributed by atoms with E-state index in [2.05, 4.69) is 19.8 Å². The number of β-amino-alcohol motifs (C(OH)–C–C–N with tert-alkyl or cyclic N) is 1. The average molecular weight is 254 g/mol. The Morgan fingerprint density at radius 3 is 2.76 bits per heavy atom. The van der Waals surface area contributed by atoms with E-state index >= 15 is 0 Å². The molecule has 0 radical (unpaired) electrons. The molecule has 1 saturated heterocycles. The number of piperazine rings is 1. The van der Waals surface area contributed by atoms with Gasteiger partial charge in [0.25, 0.3) is 0 Å². The monoisotopic (exact) mass is 254 g/mol. The number of rotatable bonds is 4. The van der Waals surface area contributed by atoms with Crippen molar-refractivity contribution in [1.82, 2.24) is 14.9 Å². The van der Waals surface area contributed by atoms with Crippen molar-refractivity contribution < 1.29 is 5.11 Å². The third-order valence-corrected chi connectivity index (χ3v) is 3.48. The molecule has 0 aromatic carbocycles. The average Bonchev–Trinajstić information content (AvgIpc) is 2.40. The Morgan fingerprint density at radius 1 is 1.35 bits per heavy atom. The van der Waals surface area contributed by atoms with Crippen LogP contribution < -0.4 is 4.90 Å². The largest absolute Gasteiger partial charge is 0.395 e. The number of thioether (sulfide) groups is 1. The highest BCUT2D eigenvalue weighted by Crippen LogP contribution is 2.16. The second kappa shape index (κ2) is 6.18. The molecule has 94 valence electrons. The van der Waals surface area contributed by atoms with Crippen LogP contribution in [-0.4, -0.2) is 65.6 Å². The number of nitrogens with zero attached hydrogens (tertiary/aromatic N) is 4. The van der Waals surface area contributed by atoms with Crippen LogP contribution in [0.15, 0.2) is 17.4 Å². The highest BCUT2D eigenvalue weighted by Gasteiger charge is 2.17. The normalized spacial score (nSPS) is 17.4. The number of hydrogen-bond donors (Lipinski definition) is 1. The minimum Gasteiger partial charge on any atom is -0.395 e. The van der Waals surface area contributed by atoms with Crippen LogP contribution in [0.3, 0.4) is 0 Å². The van der Waals surface area contributed by atoms with E-state index in [-0.39, 0.29) is 6.61 Å². The lowest BCUT2D eigenvalue weighted by Crippen LogP contribution is -2.47. The van der Waals surface area contributed by atoms with E-state index in [4.69, 9.17) is 5.11 Å². The van der Waals surface area contributed by atoms with Crippen molar-refractivity contribution in [3.63, 3.8) is 0 Å². The number of aromatic nitrogens is 2. The van der Waals surface area contributed by atoms with Gasteiger partial charge in [-0.3, -0.25) is 4.90 Å². The predicted octanol–water partition coefficient (Wildman–Crippen LogP) is 0.313. The van der Waals surface area contributed by atoms with E-state index in [9.17, 15) is 0 Å². The molecule has 0 bridgehead atoms. The number of aliphatic hydroxyl groups excluding tert-OH is 1. The summed E-state index contributed by atoms with van der Waals surface area (Å²) in [5.74, 6) is 1.01. The van der Waals surface area contributed by atoms with Crippen molar-refractivity contribution in [3.8, 4) is 0 Å². The third kappa shape index (κ3) is 3.31. The van der Waals surface area contributed by atoms with E-state index in [1.54, 1.807) is 11.8 Å². The molecular formula is C11H18N4OS. The van der Waals surface area contributed by atoms with Gasteiger partial charge in [0.15, 0.2) is 5.16 Å². The fourth-order valence-corrected chi connectivity index (χ4v) is 2.30. The van der Waals surface area contributed by atoms with Crippen LogP contribution >= 0.6 is 11.8 Å². The van der Waals surface area contributed by atoms with E-state index < -0.39 is 0 Å². The fourth-order valence-electron chi connectivity index (χ4n) is 1.95. The van der Waals surface area contributed by atoms with E-state index in [0.29, 0.717) is 0 Å². The first-order valence-corrected chi connectivity index (χ1v) is 7.01. The molecule has 5 nitrogen and oxygen atoms in total. The summed E-state index contributed by atoms with van der Waals surface area (Å²) >= 11 is 1.56. The summed E-state index contributed by atoms with van der Waals surface area (Å²) in [5, 5.41) is 9.71. The van der Waals surface area contributed by atoms with Crippen LogP contribution in [0, 0.1) is 0 Å². The molecule has 2 heterocycles. The Hall–Kier alpha value is -0.850. The Balaban J connectivity index is 1.95. The molecule has 1 aromatic rings. The zero-order chi connectivity index (χ0) is 12.1. The lowest BCUT2D eigenvalue weighted by Gasteiger charge is -2.35. The maximum absolute atomic E-state index is 8.89. The first-order valence-electron chi connectivity index (χ1n) is 5.78. The molecule has 1 aliphatic heterocycles. The summed E-state index contributed by atoms with van der Waals surface area (Å²) in [5.41, 5.74) is 0. The van der Waals surface area contributed by atoms with E-state index in [0.717, 1.165) is 43.7 Å². The molecule has 0 saturated carbocycles. The Kier molecular flexibility index (Phi) is 4.58. The van der Waals surface area contributed by atoms with Gasteiger partial charge in [-0.2, -0.15) is 0 Å². The lowest BCUT2D eigenvalue weighted by molar-refractivity contribution is 0.188. The molecule has 1 aromatic heterocycles. The molecule has 0 amide bonds. The predicted molar refractivity (Wildman–Crippen MR) is 69.6 cm³/mol. The van der Waals surface area contributed by atoms with Crippen molar-refractivity contribution in [2.45, 2.75) is 5.16 Å². The zero-order valence-corrected chi connectivity index (χ0v) is 10.9. The Labute approximate surface area is 106 Å². The molecule has 0 aliphatic carbocycles. The van der Waals surface area contributed by atoms with Gasteiger partial charge in [-0.05, 0) is 12.3 Å². The molecule has 1 aliphatic rings. The Bertz CT molecular complexity index is 355. The SMILES string of the molecule is CSc1nccc(N2CCN(CCO)CC2)n1. The Morgan fingerprint density at radius 2 is 2.12 bits per heavy atom. The smallest absolute Gasteiger partial charge is 0.189 e. The molecule has 6 heteroatoms. The van der Waals surface area contributed by atoms with Crippen LogP contribution in [0.2, 0.25) is 0 Å². The third-order valence-electron chi connectivity index (χ3n) is 2.91. The molecule has 0 unspecified atom stereocenters. The van der Waals surface area contributed by atoms with Crippen molar-refractivity contribution in [1.29, 1.82) is 0 Å². The second-order valence-corrected chi connectivity index (χ2v) is 4.73. The summed E-state index contributed by atoms with van der Waals surface area (Å²) in [6, 6.07) is 1.96. The lowest BCUT2D eigenvalue weighted by atomic mass is 10.3.